The molecule has 1 unspecified atom stereocenters. The number of hydrogen-bond donors (Lipinski definition) is 1. The fourth-order valence-corrected chi connectivity index (χ4v) is 1.66. The van der Waals surface area contributed by atoms with E-state index in [1.54, 1.807) is 11.8 Å². The zero-order valence-electron chi connectivity index (χ0n) is 5.52. The highest BCUT2D eigenvalue weighted by Gasteiger charge is 2.19. The van der Waals surface area contributed by atoms with Gasteiger partial charge in [-0.3, -0.25) is 4.79 Å². The summed E-state index contributed by atoms with van der Waals surface area (Å²) in [7, 11) is 0. The van der Waals surface area contributed by atoms with Crippen molar-refractivity contribution in [2.45, 2.75) is 18.9 Å². The van der Waals surface area contributed by atoms with Crippen LogP contribution in [0.1, 0.15) is 12.8 Å². The van der Waals surface area contributed by atoms with E-state index >= 15 is 0 Å². The molecule has 3 heteroatoms. The number of carbonyl (C=O) groups is 1. The molecule has 1 amide bonds. The molecule has 0 radical (unpaired) electrons. The topological polar surface area (TPSA) is 29.1 Å². The summed E-state index contributed by atoms with van der Waals surface area (Å²) in [6, 6.07) is 0.451. The Morgan fingerprint density at radius 1 is 1.89 bits per heavy atom. The van der Waals surface area contributed by atoms with Crippen LogP contribution in [0.2, 0.25) is 0 Å². The molecule has 0 bridgehead atoms. The predicted octanol–water partition coefficient (Wildman–Crippen LogP) is 0.628. The highest BCUT2D eigenvalue weighted by molar-refractivity contribution is 7.98. The van der Waals surface area contributed by atoms with Crippen LogP contribution in [0, 0.1) is 0 Å². The van der Waals surface area contributed by atoms with E-state index < -0.39 is 0 Å². The molecule has 0 spiro atoms. The first-order valence-corrected chi connectivity index (χ1v) is 4.50. The van der Waals surface area contributed by atoms with Gasteiger partial charge in [-0.05, 0) is 12.7 Å². The summed E-state index contributed by atoms with van der Waals surface area (Å²) in [4.78, 5) is 10.6. The van der Waals surface area contributed by atoms with Crippen LogP contribution in [0.25, 0.3) is 0 Å². The summed E-state index contributed by atoms with van der Waals surface area (Å²) in [5.74, 6) is 1.28. The van der Waals surface area contributed by atoms with Crippen LogP contribution in [0.3, 0.4) is 0 Å². The van der Waals surface area contributed by atoms with E-state index in [-0.39, 0.29) is 5.91 Å². The maximum absolute atomic E-state index is 10.6. The zero-order valence-corrected chi connectivity index (χ0v) is 6.33. The van der Waals surface area contributed by atoms with Crippen LogP contribution in [0.15, 0.2) is 0 Å². The molecular weight excluding hydrogens is 134 g/mol. The molecule has 1 rings (SSSR count). The number of hydrogen-bond acceptors (Lipinski definition) is 2. The van der Waals surface area contributed by atoms with Crippen molar-refractivity contribution in [2.24, 2.45) is 0 Å². The molecule has 1 aliphatic heterocycles. The van der Waals surface area contributed by atoms with Gasteiger partial charge in [0.1, 0.15) is 0 Å². The molecule has 9 heavy (non-hydrogen) atoms. The molecule has 0 aromatic carbocycles. The second kappa shape index (κ2) is 3.11. The number of carbonyl (C=O) groups excluding carboxylic acids is 1. The summed E-state index contributed by atoms with van der Waals surface area (Å²) in [5.41, 5.74) is 0. The Labute approximate surface area is 59.4 Å². The lowest BCUT2D eigenvalue weighted by molar-refractivity contribution is -0.119. The molecule has 1 atom stereocenters. The van der Waals surface area contributed by atoms with Gasteiger partial charge in [-0.1, -0.05) is 0 Å². The maximum atomic E-state index is 10.6. The third kappa shape index (κ3) is 1.90. The van der Waals surface area contributed by atoms with Gasteiger partial charge in [0.05, 0.1) is 0 Å². The lowest BCUT2D eigenvalue weighted by Crippen LogP contribution is -2.26. The van der Waals surface area contributed by atoms with Crippen LogP contribution >= 0.6 is 11.8 Å². The molecule has 1 fully saturated rings. The molecule has 1 aliphatic rings. The number of amides is 1. The molecule has 2 nitrogen and oxygen atoms in total. The van der Waals surface area contributed by atoms with E-state index in [1.807, 2.05) is 0 Å². The lowest BCUT2D eigenvalue weighted by Gasteiger charge is -2.05. The minimum absolute atomic E-state index is 0.217. The van der Waals surface area contributed by atoms with Crippen LogP contribution in [0.4, 0.5) is 0 Å². The first-order valence-electron chi connectivity index (χ1n) is 3.11. The minimum Gasteiger partial charge on any atom is -0.353 e. The van der Waals surface area contributed by atoms with Crippen molar-refractivity contribution in [3.63, 3.8) is 0 Å². The Morgan fingerprint density at radius 2 is 2.67 bits per heavy atom. The second-order valence-corrected chi connectivity index (χ2v) is 3.17. The van der Waals surface area contributed by atoms with Gasteiger partial charge in [0.15, 0.2) is 0 Å². The van der Waals surface area contributed by atoms with Gasteiger partial charge in [0.2, 0.25) is 5.91 Å². The molecule has 0 aromatic rings. The summed E-state index contributed by atoms with van der Waals surface area (Å²) >= 11 is 1.79. The van der Waals surface area contributed by atoms with E-state index in [0.29, 0.717) is 6.04 Å². The van der Waals surface area contributed by atoms with Gasteiger partial charge in [0.25, 0.3) is 0 Å². The van der Waals surface area contributed by atoms with Gasteiger partial charge < -0.3 is 5.32 Å². The van der Waals surface area contributed by atoms with Crippen LogP contribution in [-0.4, -0.2) is 24.0 Å². The fraction of sp³-hybridized carbons (Fsp3) is 0.833. The fourth-order valence-electron chi connectivity index (χ4n) is 1.00. The normalized spacial score (nSPS) is 26.3. The van der Waals surface area contributed by atoms with Crippen LogP contribution < -0.4 is 5.32 Å². The molecule has 1 heterocycles. The average Bonchev–Trinajstić information content (AvgIpc) is 2.17. The Balaban J connectivity index is 2.22. The van der Waals surface area contributed by atoms with Crippen molar-refractivity contribution in [1.29, 1.82) is 0 Å². The summed E-state index contributed by atoms with van der Waals surface area (Å²) in [6.07, 6.45) is 3.81. The zero-order chi connectivity index (χ0) is 6.69. The Hall–Kier alpha value is -0.180. The predicted molar refractivity (Wildman–Crippen MR) is 39.5 cm³/mol. The van der Waals surface area contributed by atoms with Gasteiger partial charge >= 0.3 is 0 Å². The molecule has 0 saturated carbocycles. The summed E-state index contributed by atoms with van der Waals surface area (Å²) < 4.78 is 0. The lowest BCUT2D eigenvalue weighted by atomic mass is 10.2. The van der Waals surface area contributed by atoms with Gasteiger partial charge in [0, 0.05) is 18.2 Å². The van der Waals surface area contributed by atoms with Crippen molar-refractivity contribution in [1.82, 2.24) is 5.32 Å². The molecule has 1 saturated heterocycles. The Bertz CT molecular complexity index is 116. The summed E-state index contributed by atoms with van der Waals surface area (Å²) in [5, 5.41) is 2.90. The van der Waals surface area contributed by atoms with Crippen molar-refractivity contribution in [3.8, 4) is 0 Å². The third-order valence-electron chi connectivity index (χ3n) is 1.45. The highest BCUT2D eigenvalue weighted by atomic mass is 32.2. The van der Waals surface area contributed by atoms with E-state index in [9.17, 15) is 4.79 Å². The average molecular weight is 145 g/mol. The molecule has 0 aliphatic carbocycles. The standard InChI is InChI=1S/C6H11NOS/c1-9-4-5-2-3-6(8)7-5/h5H,2-4H2,1H3,(H,7,8). The number of nitrogens with one attached hydrogen (secondary N) is 1. The summed E-state index contributed by atoms with van der Waals surface area (Å²) in [6.45, 7) is 0. The number of rotatable bonds is 2. The maximum Gasteiger partial charge on any atom is 0.220 e. The first-order chi connectivity index (χ1) is 4.33. The molecule has 0 aromatic heterocycles. The van der Waals surface area contributed by atoms with Crippen LogP contribution in [0.5, 0.6) is 0 Å². The third-order valence-corrected chi connectivity index (χ3v) is 2.19. The van der Waals surface area contributed by atoms with E-state index in [0.717, 1.165) is 18.6 Å². The Morgan fingerprint density at radius 3 is 3.11 bits per heavy atom. The highest BCUT2D eigenvalue weighted by Crippen LogP contribution is 2.09. The molecular formula is C6H11NOS. The van der Waals surface area contributed by atoms with E-state index in [2.05, 4.69) is 11.6 Å². The monoisotopic (exact) mass is 145 g/mol. The largest absolute Gasteiger partial charge is 0.353 e. The van der Waals surface area contributed by atoms with Crippen LogP contribution in [-0.2, 0) is 4.79 Å². The van der Waals surface area contributed by atoms with Gasteiger partial charge in [-0.2, -0.15) is 11.8 Å². The number of thioether (sulfide) groups is 1. The molecule has 52 valence electrons. The quantitative estimate of drug-likeness (QED) is 0.617. The van der Waals surface area contributed by atoms with E-state index in [4.69, 9.17) is 0 Å². The second-order valence-electron chi connectivity index (χ2n) is 2.26. The van der Waals surface area contributed by atoms with E-state index in [1.165, 1.54) is 0 Å². The SMILES string of the molecule is CSCC1CCC(=O)N1. The Kier molecular flexibility index (Phi) is 2.39. The smallest absolute Gasteiger partial charge is 0.220 e. The van der Waals surface area contributed by atoms with Crippen molar-refractivity contribution >= 4 is 17.7 Å². The van der Waals surface area contributed by atoms with Crippen molar-refractivity contribution in [3.05, 3.63) is 0 Å². The van der Waals surface area contributed by atoms with Gasteiger partial charge in [-0.25, -0.2) is 0 Å². The van der Waals surface area contributed by atoms with Gasteiger partial charge in [-0.15, -0.1) is 0 Å². The first kappa shape index (κ1) is 6.93. The molecule has 1 N–H and O–H groups in total. The van der Waals surface area contributed by atoms with Crippen molar-refractivity contribution in [2.75, 3.05) is 12.0 Å². The minimum atomic E-state index is 0.217. The van der Waals surface area contributed by atoms with Crippen molar-refractivity contribution < 1.29 is 4.79 Å².